The second-order valence-electron chi connectivity index (χ2n) is 2.40. The van der Waals surface area contributed by atoms with E-state index in [0.717, 1.165) is 15.0 Å². The Hall–Kier alpha value is -0.360. The fraction of sp³-hybridized carbons (Fsp3) is 0.143. The van der Waals surface area contributed by atoms with E-state index in [0.29, 0.717) is 5.15 Å². The Morgan fingerprint density at radius 2 is 2.17 bits per heavy atom. The first-order chi connectivity index (χ1) is 5.70. The van der Waals surface area contributed by atoms with Gasteiger partial charge in [0.05, 0.1) is 12.4 Å². The predicted molar refractivity (Wildman–Crippen MR) is 55.5 cm³/mol. The third-order valence-electron chi connectivity index (χ3n) is 1.65. The van der Waals surface area contributed by atoms with Gasteiger partial charge in [-0.2, -0.15) is 0 Å². The minimum absolute atomic E-state index is 0.496. The molecule has 2 rings (SSSR count). The molecule has 2 aromatic rings. The van der Waals surface area contributed by atoms with Gasteiger partial charge in [0.15, 0.2) is 5.15 Å². The smallest absolute Gasteiger partial charge is 0.154 e. The van der Waals surface area contributed by atoms with Crippen LogP contribution in [0.3, 0.4) is 0 Å². The van der Waals surface area contributed by atoms with E-state index in [2.05, 4.69) is 32.6 Å². The van der Waals surface area contributed by atoms with Gasteiger partial charge in [0, 0.05) is 0 Å². The average molecular weight is 293 g/mol. The summed E-state index contributed by atoms with van der Waals surface area (Å²) < 4.78 is 2.98. The molecule has 0 aromatic carbocycles. The van der Waals surface area contributed by atoms with Gasteiger partial charge in [0.2, 0.25) is 0 Å². The maximum Gasteiger partial charge on any atom is 0.154 e. The van der Waals surface area contributed by atoms with Gasteiger partial charge in [-0.05, 0) is 29.5 Å². The van der Waals surface area contributed by atoms with E-state index in [1.54, 1.807) is 12.4 Å². The van der Waals surface area contributed by atoms with Crippen molar-refractivity contribution in [1.82, 2.24) is 14.4 Å². The number of fused-ring (bicyclic) bond motifs is 1. The molecule has 5 heteroatoms. The van der Waals surface area contributed by atoms with Gasteiger partial charge in [0.25, 0.3) is 0 Å². The van der Waals surface area contributed by atoms with Gasteiger partial charge < -0.3 is 0 Å². The van der Waals surface area contributed by atoms with E-state index < -0.39 is 0 Å². The molecule has 0 unspecified atom stereocenters. The summed E-state index contributed by atoms with van der Waals surface area (Å²) in [6.45, 7) is 1.94. The molecule has 0 atom stereocenters. The minimum atomic E-state index is 0.496. The first kappa shape index (κ1) is 8.25. The molecule has 0 amide bonds. The van der Waals surface area contributed by atoms with E-state index in [4.69, 9.17) is 11.6 Å². The summed E-state index contributed by atoms with van der Waals surface area (Å²) in [5.74, 6) is 0.929. The van der Waals surface area contributed by atoms with Crippen molar-refractivity contribution in [2.24, 2.45) is 0 Å². The van der Waals surface area contributed by atoms with Crippen LogP contribution >= 0.6 is 34.2 Å². The Balaban J connectivity index is 2.98. The first-order valence-corrected chi connectivity index (χ1v) is 4.80. The maximum atomic E-state index is 5.87. The summed E-state index contributed by atoms with van der Waals surface area (Å²) >= 11 is 8.07. The van der Waals surface area contributed by atoms with Crippen LogP contribution in [0.15, 0.2) is 12.4 Å². The quantitative estimate of drug-likeness (QED) is 0.698. The first-order valence-electron chi connectivity index (χ1n) is 3.34. The summed E-state index contributed by atoms with van der Waals surface area (Å²) in [7, 11) is 0. The van der Waals surface area contributed by atoms with E-state index in [9.17, 15) is 0 Å². The SMILES string of the molecule is Cc1ncc2c(Cl)ncc(I)n12. The molecule has 12 heavy (non-hydrogen) atoms. The number of aromatic nitrogens is 3. The maximum absolute atomic E-state index is 5.87. The average Bonchev–Trinajstić information content (AvgIpc) is 2.42. The highest BCUT2D eigenvalue weighted by atomic mass is 127. The Labute approximate surface area is 87.9 Å². The molecule has 0 fully saturated rings. The number of nitrogens with zero attached hydrogens (tertiary/aromatic N) is 3. The number of hydrogen-bond acceptors (Lipinski definition) is 2. The van der Waals surface area contributed by atoms with Crippen molar-refractivity contribution >= 4 is 39.7 Å². The topological polar surface area (TPSA) is 30.2 Å². The summed E-state index contributed by atoms with van der Waals surface area (Å²) in [6.07, 6.45) is 3.46. The molecule has 3 nitrogen and oxygen atoms in total. The summed E-state index contributed by atoms with van der Waals surface area (Å²) in [4.78, 5) is 8.17. The minimum Gasteiger partial charge on any atom is -0.287 e. The Morgan fingerprint density at radius 1 is 1.42 bits per heavy atom. The zero-order valence-electron chi connectivity index (χ0n) is 6.25. The molecule has 0 radical (unpaired) electrons. The fourth-order valence-corrected chi connectivity index (χ4v) is 2.02. The normalized spacial score (nSPS) is 10.9. The van der Waals surface area contributed by atoms with Crippen molar-refractivity contribution in [1.29, 1.82) is 0 Å². The number of aryl methyl sites for hydroxylation is 1. The van der Waals surface area contributed by atoms with E-state index in [-0.39, 0.29) is 0 Å². The standard InChI is InChI=1S/C7H5ClIN3/c1-4-10-2-5-7(8)11-3-6(9)12(4)5/h2-3H,1H3. The molecule has 0 spiro atoms. The van der Waals surface area contributed by atoms with Crippen molar-refractivity contribution in [3.8, 4) is 0 Å². The van der Waals surface area contributed by atoms with E-state index >= 15 is 0 Å². The highest BCUT2D eigenvalue weighted by Crippen LogP contribution is 2.18. The van der Waals surface area contributed by atoms with Crippen LogP contribution in [0.5, 0.6) is 0 Å². The lowest BCUT2D eigenvalue weighted by atomic mass is 10.6. The van der Waals surface area contributed by atoms with Gasteiger partial charge in [-0.25, -0.2) is 9.97 Å². The lowest BCUT2D eigenvalue weighted by Gasteiger charge is -1.99. The molecule has 62 valence electrons. The van der Waals surface area contributed by atoms with Gasteiger partial charge in [0.1, 0.15) is 15.0 Å². The van der Waals surface area contributed by atoms with Crippen molar-refractivity contribution < 1.29 is 0 Å². The van der Waals surface area contributed by atoms with Crippen LogP contribution in [0, 0.1) is 10.6 Å². The zero-order valence-corrected chi connectivity index (χ0v) is 9.17. The molecule has 0 aliphatic heterocycles. The predicted octanol–water partition coefficient (Wildman–Crippen LogP) is 2.30. The number of hydrogen-bond donors (Lipinski definition) is 0. The summed E-state index contributed by atoms with van der Waals surface area (Å²) in [5, 5.41) is 0.496. The van der Waals surface area contributed by atoms with Crippen molar-refractivity contribution in [3.63, 3.8) is 0 Å². The van der Waals surface area contributed by atoms with Crippen LogP contribution < -0.4 is 0 Å². The molecular weight excluding hydrogens is 288 g/mol. The van der Waals surface area contributed by atoms with Gasteiger partial charge in [-0.3, -0.25) is 4.40 Å². The molecule has 0 saturated heterocycles. The Morgan fingerprint density at radius 3 is 2.83 bits per heavy atom. The van der Waals surface area contributed by atoms with Gasteiger partial charge >= 0.3 is 0 Å². The van der Waals surface area contributed by atoms with E-state index in [1.165, 1.54) is 0 Å². The summed E-state index contributed by atoms with van der Waals surface area (Å²) in [5.41, 5.74) is 0.862. The largest absolute Gasteiger partial charge is 0.287 e. The number of imidazole rings is 1. The highest BCUT2D eigenvalue weighted by molar-refractivity contribution is 14.1. The lowest BCUT2D eigenvalue weighted by molar-refractivity contribution is 0.998. The van der Waals surface area contributed by atoms with Crippen LogP contribution in [0.4, 0.5) is 0 Å². The molecule has 0 N–H and O–H groups in total. The fourth-order valence-electron chi connectivity index (χ4n) is 1.09. The molecule has 2 aromatic heterocycles. The molecule has 0 saturated carbocycles. The highest BCUT2D eigenvalue weighted by Gasteiger charge is 2.06. The molecule has 0 aliphatic carbocycles. The van der Waals surface area contributed by atoms with Crippen LogP contribution in [0.25, 0.3) is 5.52 Å². The Bertz CT molecular complexity index is 437. The monoisotopic (exact) mass is 293 g/mol. The molecule has 2 heterocycles. The van der Waals surface area contributed by atoms with Crippen molar-refractivity contribution in [2.75, 3.05) is 0 Å². The molecule has 0 bridgehead atoms. The van der Waals surface area contributed by atoms with Crippen LogP contribution in [-0.4, -0.2) is 14.4 Å². The third-order valence-corrected chi connectivity index (χ3v) is 2.70. The zero-order chi connectivity index (χ0) is 8.72. The number of halogens is 2. The van der Waals surface area contributed by atoms with Crippen LogP contribution in [0.2, 0.25) is 5.15 Å². The van der Waals surface area contributed by atoms with E-state index in [1.807, 2.05) is 11.3 Å². The third kappa shape index (κ3) is 1.09. The van der Waals surface area contributed by atoms with Crippen LogP contribution in [-0.2, 0) is 0 Å². The Kier molecular flexibility index (Phi) is 1.96. The second kappa shape index (κ2) is 2.85. The molecule has 0 aliphatic rings. The second-order valence-corrected chi connectivity index (χ2v) is 3.86. The summed E-state index contributed by atoms with van der Waals surface area (Å²) in [6, 6.07) is 0. The van der Waals surface area contributed by atoms with Gasteiger partial charge in [-0.15, -0.1) is 0 Å². The van der Waals surface area contributed by atoms with Gasteiger partial charge in [-0.1, -0.05) is 11.6 Å². The van der Waals surface area contributed by atoms with Crippen LogP contribution in [0.1, 0.15) is 5.82 Å². The van der Waals surface area contributed by atoms with Crippen molar-refractivity contribution in [3.05, 3.63) is 27.1 Å². The molecular formula is C7H5ClIN3. The number of rotatable bonds is 0. The lowest BCUT2D eigenvalue weighted by Crippen LogP contribution is -1.95. The van der Waals surface area contributed by atoms with Crippen molar-refractivity contribution in [2.45, 2.75) is 6.92 Å².